The van der Waals surface area contributed by atoms with Crippen LogP contribution in [0.15, 0.2) is 36.4 Å². The van der Waals surface area contributed by atoms with Crippen molar-refractivity contribution >= 4 is 47.1 Å². The van der Waals surface area contributed by atoms with Crippen LogP contribution >= 0.6 is 0 Å². The number of hydrogen-bond acceptors (Lipinski definition) is 8. The Kier molecular flexibility index (Phi) is 5.41. The lowest BCUT2D eigenvalue weighted by molar-refractivity contribution is -0.115. The maximum Gasteiger partial charge on any atom is 0.349 e. The number of rotatable bonds is 2. The van der Waals surface area contributed by atoms with Crippen molar-refractivity contribution in [1.82, 2.24) is 0 Å². The molecule has 0 saturated carbocycles. The first-order valence-electron chi connectivity index (χ1n) is 8.53. The minimum absolute atomic E-state index is 0.123. The first-order chi connectivity index (χ1) is 14.2. The number of nitrogens with one attached hydrogen (secondary N) is 2. The molecule has 10 nitrogen and oxygen atoms in total. The molecule has 0 atom stereocenters. The van der Waals surface area contributed by atoms with Crippen molar-refractivity contribution in [3.63, 3.8) is 0 Å². The topological polar surface area (TPSA) is 145 Å². The molecule has 2 N–H and O–H groups in total. The molecule has 2 aliphatic heterocycles. The number of carbonyl (C=O) groups excluding carboxylic acids is 6. The number of carbonyl (C=O) groups is 6. The van der Waals surface area contributed by atoms with Crippen molar-refractivity contribution < 1.29 is 38.2 Å². The smallest absolute Gasteiger partial charge is 0.349 e. The Labute approximate surface area is 169 Å². The van der Waals surface area contributed by atoms with E-state index in [1.807, 2.05) is 0 Å². The van der Waals surface area contributed by atoms with Crippen LogP contribution in [-0.2, 0) is 19.1 Å². The largest absolute Gasteiger partial charge is 0.386 e. The molecule has 0 spiro atoms. The van der Waals surface area contributed by atoms with Gasteiger partial charge in [-0.2, -0.15) is 0 Å². The van der Waals surface area contributed by atoms with Crippen LogP contribution in [0.1, 0.15) is 55.3 Å². The molecule has 4 rings (SSSR count). The summed E-state index contributed by atoms with van der Waals surface area (Å²) in [5, 5.41) is 4.93. The predicted molar refractivity (Wildman–Crippen MR) is 101 cm³/mol. The summed E-state index contributed by atoms with van der Waals surface area (Å²) in [5.41, 5.74) is 1.22. The molecule has 0 saturated heterocycles. The van der Waals surface area contributed by atoms with Crippen LogP contribution in [0.5, 0.6) is 0 Å². The summed E-state index contributed by atoms with van der Waals surface area (Å²) in [6, 6.07) is 9.19. The maximum absolute atomic E-state index is 11.3. The highest BCUT2D eigenvalue weighted by Crippen LogP contribution is 2.28. The van der Waals surface area contributed by atoms with E-state index in [4.69, 9.17) is 0 Å². The Morgan fingerprint density at radius 3 is 1.33 bits per heavy atom. The summed E-state index contributed by atoms with van der Waals surface area (Å²) in [6.07, 6.45) is 0. The third kappa shape index (κ3) is 3.92. The van der Waals surface area contributed by atoms with Crippen LogP contribution in [0, 0.1) is 0 Å². The van der Waals surface area contributed by atoms with Crippen molar-refractivity contribution in [2.75, 3.05) is 10.6 Å². The number of benzene rings is 2. The fourth-order valence-corrected chi connectivity index (χ4v) is 2.85. The first kappa shape index (κ1) is 20.4. The summed E-state index contributed by atoms with van der Waals surface area (Å²) in [5.74, 6) is -3.42. The van der Waals surface area contributed by atoms with Gasteiger partial charge < -0.3 is 20.1 Å². The standard InChI is InChI=1S/2C10H7NO4/c2*1-5(12)11-7-4-2-3-6-8(7)10(14)15-9(6)13/h2*2-4H,1H3,(H,11,12). The zero-order valence-corrected chi connectivity index (χ0v) is 15.7. The molecule has 2 aromatic rings. The minimum atomic E-state index is -0.723. The van der Waals surface area contributed by atoms with Gasteiger partial charge in [-0.05, 0) is 24.3 Å². The second-order valence-electron chi connectivity index (χ2n) is 6.17. The number of ether oxygens (including phenoxy) is 2. The number of fused-ring (bicyclic) bond motifs is 2. The van der Waals surface area contributed by atoms with E-state index in [9.17, 15) is 28.8 Å². The molecule has 10 heteroatoms. The first-order valence-corrected chi connectivity index (χ1v) is 8.53. The Balaban J connectivity index is 0.000000171. The number of amides is 2. The van der Waals surface area contributed by atoms with Crippen molar-refractivity contribution in [2.24, 2.45) is 0 Å². The van der Waals surface area contributed by atoms with Gasteiger partial charge in [0, 0.05) is 13.8 Å². The summed E-state index contributed by atoms with van der Waals surface area (Å²) in [6.45, 7) is 2.64. The monoisotopic (exact) mass is 410 g/mol. The third-order valence-corrected chi connectivity index (χ3v) is 3.97. The fraction of sp³-hybridized carbons (Fsp3) is 0.100. The van der Waals surface area contributed by atoms with Gasteiger partial charge in [-0.25, -0.2) is 19.2 Å². The van der Waals surface area contributed by atoms with Gasteiger partial charge in [-0.3, -0.25) is 9.59 Å². The minimum Gasteiger partial charge on any atom is -0.386 e. The summed E-state index contributed by atoms with van der Waals surface area (Å²) < 4.78 is 8.85. The van der Waals surface area contributed by atoms with E-state index in [0.717, 1.165) is 0 Å². The van der Waals surface area contributed by atoms with Crippen molar-refractivity contribution in [3.05, 3.63) is 58.7 Å². The van der Waals surface area contributed by atoms with Crippen molar-refractivity contribution in [1.29, 1.82) is 0 Å². The van der Waals surface area contributed by atoms with E-state index in [2.05, 4.69) is 20.1 Å². The van der Waals surface area contributed by atoms with Crippen LogP contribution in [-0.4, -0.2) is 35.7 Å². The third-order valence-electron chi connectivity index (χ3n) is 3.97. The molecule has 0 unspecified atom stereocenters. The van der Waals surface area contributed by atoms with Gasteiger partial charge in [0.1, 0.15) is 0 Å². The molecule has 0 radical (unpaired) electrons. The lowest BCUT2D eigenvalue weighted by Crippen LogP contribution is -2.09. The van der Waals surface area contributed by atoms with Crippen molar-refractivity contribution in [2.45, 2.75) is 13.8 Å². The highest BCUT2D eigenvalue weighted by Gasteiger charge is 2.33. The lowest BCUT2D eigenvalue weighted by atomic mass is 10.1. The average Bonchev–Trinajstić information content (AvgIpc) is 3.12. The Morgan fingerprint density at radius 2 is 1.00 bits per heavy atom. The molecule has 2 aromatic carbocycles. The van der Waals surface area contributed by atoms with Crippen LogP contribution < -0.4 is 10.6 Å². The molecule has 0 fully saturated rings. The predicted octanol–water partition coefficient (Wildman–Crippen LogP) is 1.91. The Hall–Kier alpha value is -4.34. The second kappa shape index (κ2) is 7.95. The van der Waals surface area contributed by atoms with Crippen molar-refractivity contribution in [3.8, 4) is 0 Å². The van der Waals surface area contributed by atoms with E-state index >= 15 is 0 Å². The molecule has 152 valence electrons. The maximum atomic E-state index is 11.3. The van der Waals surface area contributed by atoms with Gasteiger partial charge in [0.15, 0.2) is 0 Å². The van der Waals surface area contributed by atoms with Crippen LogP contribution in [0.25, 0.3) is 0 Å². The van der Waals surface area contributed by atoms with Gasteiger partial charge in [-0.1, -0.05) is 12.1 Å². The SMILES string of the molecule is CC(=O)Nc1cccc2c1C(=O)OC2=O.CC(=O)Nc1cccc2c1C(=O)OC2=O. The summed E-state index contributed by atoms with van der Waals surface area (Å²) in [7, 11) is 0. The Bertz CT molecular complexity index is 1050. The average molecular weight is 410 g/mol. The molecule has 2 amide bonds. The number of cyclic esters (lactones) is 4. The second-order valence-corrected chi connectivity index (χ2v) is 6.17. The quantitative estimate of drug-likeness (QED) is 0.564. The highest BCUT2D eigenvalue weighted by molar-refractivity contribution is 6.19. The number of hydrogen-bond donors (Lipinski definition) is 2. The number of anilines is 2. The zero-order chi connectivity index (χ0) is 22.0. The van der Waals surface area contributed by atoms with Crippen LogP contribution in [0.3, 0.4) is 0 Å². The lowest BCUT2D eigenvalue weighted by Gasteiger charge is -2.03. The molecular weight excluding hydrogens is 396 g/mol. The van der Waals surface area contributed by atoms with Crippen LogP contribution in [0.4, 0.5) is 11.4 Å². The van der Waals surface area contributed by atoms with E-state index in [-0.39, 0.29) is 34.1 Å². The fourth-order valence-electron chi connectivity index (χ4n) is 2.85. The van der Waals surface area contributed by atoms with E-state index in [1.54, 1.807) is 24.3 Å². The highest BCUT2D eigenvalue weighted by atomic mass is 16.6. The molecule has 30 heavy (non-hydrogen) atoms. The normalized spacial score (nSPS) is 13.4. The molecular formula is C20H14N2O8. The van der Waals surface area contributed by atoms with E-state index in [1.165, 1.54) is 26.0 Å². The summed E-state index contributed by atoms with van der Waals surface area (Å²) in [4.78, 5) is 66.6. The van der Waals surface area contributed by atoms with Gasteiger partial charge in [-0.15, -0.1) is 0 Å². The van der Waals surface area contributed by atoms with Gasteiger partial charge in [0.05, 0.1) is 33.6 Å². The molecule has 0 aromatic heterocycles. The zero-order valence-electron chi connectivity index (χ0n) is 15.7. The van der Waals surface area contributed by atoms with Gasteiger partial charge in [0.25, 0.3) is 0 Å². The number of esters is 4. The molecule has 2 heterocycles. The van der Waals surface area contributed by atoms with Crippen LogP contribution in [0.2, 0.25) is 0 Å². The van der Waals surface area contributed by atoms with E-state index < -0.39 is 23.9 Å². The summed E-state index contributed by atoms with van der Waals surface area (Å²) >= 11 is 0. The van der Waals surface area contributed by atoms with E-state index in [0.29, 0.717) is 11.4 Å². The molecule has 0 aliphatic carbocycles. The van der Waals surface area contributed by atoms with Gasteiger partial charge in [0.2, 0.25) is 11.8 Å². The van der Waals surface area contributed by atoms with Gasteiger partial charge >= 0.3 is 23.9 Å². The molecule has 0 bridgehead atoms. The Morgan fingerprint density at radius 1 is 0.633 bits per heavy atom. The molecule has 2 aliphatic rings.